The third-order valence-corrected chi connectivity index (χ3v) is 5.13. The molecule has 1 atom stereocenters. The molecule has 2 aromatic carbocycles. The van der Waals surface area contributed by atoms with Crippen LogP contribution in [0.5, 0.6) is 5.75 Å². The standard InChI is InChI=1S/C21H25ClN2O3/c1-26-20-9-5-2-6-16(20)14-21(25)23-15-19(24-10-12-27-13-11-24)17-7-3-4-8-18(17)22/h2-9,19H,10-15H2,1H3,(H,23,25)/t19-/m1/s1. The highest BCUT2D eigenvalue weighted by atomic mass is 35.5. The molecule has 0 bridgehead atoms. The van der Waals surface area contributed by atoms with Gasteiger partial charge in [-0.3, -0.25) is 9.69 Å². The SMILES string of the molecule is COc1ccccc1CC(=O)NC[C@H](c1ccccc1Cl)N1CCOCC1. The molecule has 0 unspecified atom stereocenters. The highest BCUT2D eigenvalue weighted by Crippen LogP contribution is 2.28. The van der Waals surface area contributed by atoms with Crippen molar-refractivity contribution in [2.24, 2.45) is 0 Å². The van der Waals surface area contributed by atoms with Gasteiger partial charge in [0.2, 0.25) is 5.91 Å². The topological polar surface area (TPSA) is 50.8 Å². The van der Waals surface area contributed by atoms with Crippen molar-refractivity contribution in [3.05, 3.63) is 64.7 Å². The lowest BCUT2D eigenvalue weighted by atomic mass is 10.0. The lowest BCUT2D eigenvalue weighted by Gasteiger charge is -2.35. The fourth-order valence-corrected chi connectivity index (χ4v) is 3.63. The average molecular weight is 389 g/mol. The summed E-state index contributed by atoms with van der Waals surface area (Å²) >= 11 is 6.44. The number of hydrogen-bond donors (Lipinski definition) is 1. The van der Waals surface area contributed by atoms with Crippen molar-refractivity contribution in [1.29, 1.82) is 0 Å². The lowest BCUT2D eigenvalue weighted by molar-refractivity contribution is -0.120. The molecule has 0 saturated carbocycles. The molecule has 0 radical (unpaired) electrons. The number of hydrogen-bond acceptors (Lipinski definition) is 4. The van der Waals surface area contributed by atoms with Crippen molar-refractivity contribution < 1.29 is 14.3 Å². The van der Waals surface area contributed by atoms with E-state index in [1.807, 2.05) is 48.5 Å². The van der Waals surface area contributed by atoms with Gasteiger partial charge in [0.1, 0.15) is 5.75 Å². The fraction of sp³-hybridized carbons (Fsp3) is 0.381. The molecule has 1 aliphatic heterocycles. The highest BCUT2D eigenvalue weighted by Gasteiger charge is 2.25. The van der Waals surface area contributed by atoms with Crippen molar-refractivity contribution >= 4 is 17.5 Å². The molecule has 2 aromatic rings. The zero-order valence-electron chi connectivity index (χ0n) is 15.5. The Morgan fingerprint density at radius 1 is 1.19 bits per heavy atom. The fourth-order valence-electron chi connectivity index (χ4n) is 3.37. The summed E-state index contributed by atoms with van der Waals surface area (Å²) in [6.45, 7) is 3.51. The first-order chi connectivity index (χ1) is 13.2. The number of carbonyl (C=O) groups is 1. The Hall–Kier alpha value is -2.08. The molecule has 1 aliphatic rings. The summed E-state index contributed by atoms with van der Waals surface area (Å²) < 4.78 is 10.8. The molecule has 1 heterocycles. The van der Waals surface area contributed by atoms with Crippen LogP contribution < -0.4 is 10.1 Å². The minimum absolute atomic E-state index is 0.0178. The first-order valence-electron chi connectivity index (χ1n) is 9.14. The Kier molecular flexibility index (Phi) is 7.10. The Bertz CT molecular complexity index is 763. The van der Waals surface area contributed by atoms with Crippen LogP contribution in [-0.2, 0) is 16.0 Å². The van der Waals surface area contributed by atoms with Crippen molar-refractivity contribution in [3.63, 3.8) is 0 Å². The first kappa shape index (κ1) is 19.7. The van der Waals surface area contributed by atoms with Crippen molar-refractivity contribution in [2.45, 2.75) is 12.5 Å². The van der Waals surface area contributed by atoms with Gasteiger partial charge in [-0.2, -0.15) is 0 Å². The van der Waals surface area contributed by atoms with Gasteiger partial charge in [0, 0.05) is 30.2 Å². The number of rotatable bonds is 7. The number of nitrogens with one attached hydrogen (secondary N) is 1. The minimum atomic E-state index is -0.0372. The van der Waals surface area contributed by atoms with Gasteiger partial charge in [-0.1, -0.05) is 48.0 Å². The molecule has 6 heteroatoms. The van der Waals surface area contributed by atoms with E-state index >= 15 is 0 Å². The van der Waals surface area contributed by atoms with Crippen LogP contribution in [0.1, 0.15) is 17.2 Å². The number of para-hydroxylation sites is 1. The van der Waals surface area contributed by atoms with Gasteiger partial charge in [0.25, 0.3) is 0 Å². The highest BCUT2D eigenvalue weighted by molar-refractivity contribution is 6.31. The van der Waals surface area contributed by atoms with Crippen LogP contribution in [0.3, 0.4) is 0 Å². The molecule has 27 heavy (non-hydrogen) atoms. The molecule has 3 rings (SSSR count). The predicted octanol–water partition coefficient (Wildman–Crippen LogP) is 3.08. The first-order valence-corrected chi connectivity index (χ1v) is 9.51. The molecule has 1 N–H and O–H groups in total. The van der Waals surface area contributed by atoms with Gasteiger partial charge in [0.05, 0.1) is 32.8 Å². The summed E-state index contributed by atoms with van der Waals surface area (Å²) in [5.41, 5.74) is 1.90. The van der Waals surface area contributed by atoms with Crippen LogP contribution in [0.4, 0.5) is 0 Å². The van der Waals surface area contributed by atoms with Gasteiger partial charge in [-0.05, 0) is 17.7 Å². The largest absolute Gasteiger partial charge is 0.496 e. The number of morpholine rings is 1. The number of methoxy groups -OCH3 is 1. The van der Waals surface area contributed by atoms with E-state index in [2.05, 4.69) is 10.2 Å². The molecule has 1 saturated heterocycles. The Morgan fingerprint density at radius 3 is 2.63 bits per heavy atom. The van der Waals surface area contributed by atoms with Crippen LogP contribution in [0, 0.1) is 0 Å². The van der Waals surface area contributed by atoms with E-state index in [1.54, 1.807) is 7.11 Å². The smallest absolute Gasteiger partial charge is 0.224 e. The van der Waals surface area contributed by atoms with E-state index in [0.717, 1.165) is 30.0 Å². The minimum Gasteiger partial charge on any atom is -0.496 e. The maximum atomic E-state index is 12.5. The molecule has 1 fully saturated rings. The monoisotopic (exact) mass is 388 g/mol. The quantitative estimate of drug-likeness (QED) is 0.792. The van der Waals surface area contributed by atoms with E-state index in [1.165, 1.54) is 0 Å². The maximum Gasteiger partial charge on any atom is 0.224 e. The molecule has 0 spiro atoms. The number of halogens is 1. The average Bonchev–Trinajstić information content (AvgIpc) is 2.70. The molecule has 5 nitrogen and oxygen atoms in total. The normalized spacial score (nSPS) is 15.9. The number of carbonyl (C=O) groups excluding carboxylic acids is 1. The molecular formula is C21H25ClN2O3. The Labute approximate surface area is 165 Å². The van der Waals surface area contributed by atoms with E-state index in [-0.39, 0.29) is 18.4 Å². The van der Waals surface area contributed by atoms with E-state index in [4.69, 9.17) is 21.1 Å². The summed E-state index contributed by atoms with van der Waals surface area (Å²) in [4.78, 5) is 14.9. The molecular weight excluding hydrogens is 364 g/mol. The van der Waals surface area contributed by atoms with Crippen molar-refractivity contribution in [3.8, 4) is 5.75 Å². The summed E-state index contributed by atoms with van der Waals surface area (Å²) in [6.07, 6.45) is 0.280. The molecule has 0 aromatic heterocycles. The predicted molar refractivity (Wildman–Crippen MR) is 106 cm³/mol. The van der Waals surface area contributed by atoms with Crippen LogP contribution in [0.25, 0.3) is 0 Å². The second kappa shape index (κ2) is 9.74. The third kappa shape index (κ3) is 5.22. The van der Waals surface area contributed by atoms with Crippen molar-refractivity contribution in [1.82, 2.24) is 10.2 Å². The van der Waals surface area contributed by atoms with E-state index < -0.39 is 0 Å². The van der Waals surface area contributed by atoms with Crippen LogP contribution in [0.15, 0.2) is 48.5 Å². The second-order valence-electron chi connectivity index (χ2n) is 6.48. The summed E-state index contributed by atoms with van der Waals surface area (Å²) in [5.74, 6) is 0.688. The Morgan fingerprint density at radius 2 is 1.89 bits per heavy atom. The zero-order valence-corrected chi connectivity index (χ0v) is 16.2. The van der Waals surface area contributed by atoms with Crippen LogP contribution in [0.2, 0.25) is 5.02 Å². The summed E-state index contributed by atoms with van der Waals surface area (Å²) in [5, 5.41) is 3.79. The molecule has 1 amide bonds. The number of benzene rings is 2. The van der Waals surface area contributed by atoms with Gasteiger partial charge < -0.3 is 14.8 Å². The van der Waals surface area contributed by atoms with E-state index in [9.17, 15) is 4.79 Å². The molecule has 0 aliphatic carbocycles. The van der Waals surface area contributed by atoms with Gasteiger partial charge in [0.15, 0.2) is 0 Å². The van der Waals surface area contributed by atoms with Crippen LogP contribution in [-0.4, -0.2) is 50.8 Å². The van der Waals surface area contributed by atoms with Gasteiger partial charge in [-0.25, -0.2) is 0 Å². The van der Waals surface area contributed by atoms with E-state index in [0.29, 0.717) is 24.8 Å². The zero-order chi connectivity index (χ0) is 19.1. The van der Waals surface area contributed by atoms with Crippen LogP contribution >= 0.6 is 11.6 Å². The lowest BCUT2D eigenvalue weighted by Crippen LogP contribution is -2.44. The van der Waals surface area contributed by atoms with Gasteiger partial charge in [-0.15, -0.1) is 0 Å². The number of ether oxygens (including phenoxy) is 2. The third-order valence-electron chi connectivity index (χ3n) is 4.79. The molecule has 144 valence electrons. The second-order valence-corrected chi connectivity index (χ2v) is 6.89. The number of nitrogens with zero attached hydrogens (tertiary/aromatic N) is 1. The summed E-state index contributed by atoms with van der Waals surface area (Å²) in [7, 11) is 1.61. The Balaban J connectivity index is 1.69. The number of amides is 1. The summed E-state index contributed by atoms with van der Waals surface area (Å²) in [6, 6.07) is 15.4. The van der Waals surface area contributed by atoms with Gasteiger partial charge >= 0.3 is 0 Å². The van der Waals surface area contributed by atoms with Crippen molar-refractivity contribution in [2.75, 3.05) is 40.0 Å². The maximum absolute atomic E-state index is 12.5.